The van der Waals surface area contributed by atoms with Gasteiger partial charge in [-0.3, -0.25) is 9.59 Å². The topological polar surface area (TPSA) is 58.6 Å². The van der Waals surface area contributed by atoms with E-state index in [2.05, 4.69) is 24.4 Å². The molecular formula is C26H34N2O3. The lowest BCUT2D eigenvalue weighted by Crippen LogP contribution is -2.41. The van der Waals surface area contributed by atoms with Crippen LogP contribution in [-0.4, -0.2) is 22.8 Å². The van der Waals surface area contributed by atoms with Crippen molar-refractivity contribution in [3.8, 4) is 5.75 Å². The zero-order valence-electron chi connectivity index (χ0n) is 19.3. The van der Waals surface area contributed by atoms with Gasteiger partial charge in [0, 0.05) is 17.7 Å². The highest BCUT2D eigenvalue weighted by molar-refractivity contribution is 5.91. The predicted octanol–water partition coefficient (Wildman–Crippen LogP) is 5.71. The summed E-state index contributed by atoms with van der Waals surface area (Å²) in [5, 5.41) is 3.00. The molecular weight excluding hydrogens is 388 g/mol. The van der Waals surface area contributed by atoms with Crippen molar-refractivity contribution in [2.45, 2.75) is 72.6 Å². The van der Waals surface area contributed by atoms with E-state index in [-0.39, 0.29) is 23.3 Å². The van der Waals surface area contributed by atoms with Crippen molar-refractivity contribution in [2.75, 3.05) is 5.32 Å². The number of ether oxygens (including phenoxy) is 1. The minimum absolute atomic E-state index is 0.00715. The summed E-state index contributed by atoms with van der Waals surface area (Å²) in [5.74, 6) is 0.698. The molecule has 5 nitrogen and oxygen atoms in total. The number of amides is 2. The minimum Gasteiger partial charge on any atom is -0.480 e. The van der Waals surface area contributed by atoms with Crippen molar-refractivity contribution in [2.24, 2.45) is 5.41 Å². The normalized spacial score (nSPS) is 17.4. The van der Waals surface area contributed by atoms with Crippen LogP contribution in [0.2, 0.25) is 0 Å². The van der Waals surface area contributed by atoms with Crippen LogP contribution in [0.25, 0.3) is 0 Å². The van der Waals surface area contributed by atoms with Crippen LogP contribution < -0.4 is 10.1 Å². The van der Waals surface area contributed by atoms with Crippen molar-refractivity contribution in [1.82, 2.24) is 4.90 Å². The van der Waals surface area contributed by atoms with E-state index in [1.807, 2.05) is 69.0 Å². The first kappa shape index (κ1) is 22.9. The van der Waals surface area contributed by atoms with Gasteiger partial charge in [-0.15, -0.1) is 0 Å². The van der Waals surface area contributed by atoms with Gasteiger partial charge >= 0.3 is 0 Å². The number of benzene rings is 2. The first-order chi connectivity index (χ1) is 14.7. The summed E-state index contributed by atoms with van der Waals surface area (Å²) < 4.78 is 6.12. The highest BCUT2D eigenvalue weighted by Crippen LogP contribution is 2.35. The molecule has 0 unspecified atom stereocenters. The molecule has 0 saturated carbocycles. The van der Waals surface area contributed by atoms with Crippen LogP contribution in [0.1, 0.15) is 71.0 Å². The lowest BCUT2D eigenvalue weighted by molar-refractivity contribution is -0.141. The number of hydrogen-bond donors (Lipinski definition) is 1. The summed E-state index contributed by atoms with van der Waals surface area (Å²) in [7, 11) is 0. The standard InChI is InChI=1S/C26H34N2O3/c1-6-21(18-11-9-8-10-12-18)28-17-19-15-20(27-24(29)16-26(3,4)5)13-14-23(19)31-22(7-2)25(28)30/h8-15,21-22H,6-7,16-17H2,1-5H3,(H,27,29)/t21-,22+/m0/s1. The minimum atomic E-state index is -0.514. The van der Waals surface area contributed by atoms with Crippen LogP contribution in [0.5, 0.6) is 5.75 Å². The lowest BCUT2D eigenvalue weighted by Gasteiger charge is -2.32. The zero-order valence-corrected chi connectivity index (χ0v) is 19.3. The van der Waals surface area contributed by atoms with Gasteiger partial charge in [0.15, 0.2) is 6.10 Å². The molecule has 31 heavy (non-hydrogen) atoms. The van der Waals surface area contributed by atoms with Crippen LogP contribution in [0, 0.1) is 5.41 Å². The molecule has 0 saturated heterocycles. The molecule has 0 aliphatic carbocycles. The molecule has 2 amide bonds. The Kier molecular flexibility index (Phi) is 7.04. The van der Waals surface area contributed by atoms with E-state index >= 15 is 0 Å². The highest BCUT2D eigenvalue weighted by Gasteiger charge is 2.34. The van der Waals surface area contributed by atoms with Gasteiger partial charge in [-0.05, 0) is 42.0 Å². The molecule has 2 aromatic rings. The van der Waals surface area contributed by atoms with Crippen LogP contribution >= 0.6 is 0 Å². The van der Waals surface area contributed by atoms with Crippen molar-refractivity contribution < 1.29 is 14.3 Å². The smallest absolute Gasteiger partial charge is 0.264 e. The van der Waals surface area contributed by atoms with Gasteiger partial charge in [-0.2, -0.15) is 0 Å². The zero-order chi connectivity index (χ0) is 22.6. The highest BCUT2D eigenvalue weighted by atomic mass is 16.5. The Morgan fingerprint density at radius 2 is 1.87 bits per heavy atom. The van der Waals surface area contributed by atoms with E-state index in [1.165, 1.54) is 0 Å². The van der Waals surface area contributed by atoms with Crippen LogP contribution in [0.3, 0.4) is 0 Å². The molecule has 0 bridgehead atoms. The summed E-state index contributed by atoms with van der Waals surface area (Å²) in [6.45, 7) is 10.6. The molecule has 0 aromatic heterocycles. The van der Waals surface area contributed by atoms with Gasteiger partial charge < -0.3 is 15.0 Å². The van der Waals surface area contributed by atoms with Crippen molar-refractivity contribution in [1.29, 1.82) is 0 Å². The summed E-state index contributed by atoms with van der Waals surface area (Å²) in [4.78, 5) is 27.7. The number of nitrogens with zero attached hydrogens (tertiary/aromatic N) is 1. The van der Waals surface area contributed by atoms with E-state index < -0.39 is 6.10 Å². The molecule has 1 aliphatic rings. The maximum absolute atomic E-state index is 13.4. The molecule has 1 aliphatic heterocycles. The van der Waals surface area contributed by atoms with Gasteiger partial charge in [-0.25, -0.2) is 0 Å². The third kappa shape index (κ3) is 5.66. The van der Waals surface area contributed by atoms with E-state index in [9.17, 15) is 9.59 Å². The van der Waals surface area contributed by atoms with E-state index in [4.69, 9.17) is 4.74 Å². The SMILES string of the molecule is CC[C@H]1Oc2ccc(NC(=O)CC(C)(C)C)cc2CN([C@@H](CC)c2ccccc2)C1=O. The first-order valence-corrected chi connectivity index (χ1v) is 11.2. The molecule has 3 rings (SSSR count). The van der Waals surface area contributed by atoms with Crippen LogP contribution in [0.15, 0.2) is 48.5 Å². The summed E-state index contributed by atoms with van der Waals surface area (Å²) >= 11 is 0. The fraction of sp³-hybridized carbons (Fsp3) is 0.462. The van der Waals surface area contributed by atoms with Crippen molar-refractivity contribution in [3.05, 3.63) is 59.7 Å². The van der Waals surface area contributed by atoms with E-state index in [0.29, 0.717) is 25.1 Å². The second-order valence-electron chi connectivity index (χ2n) is 9.42. The molecule has 5 heteroatoms. The second kappa shape index (κ2) is 9.54. The first-order valence-electron chi connectivity index (χ1n) is 11.2. The van der Waals surface area contributed by atoms with Crippen molar-refractivity contribution >= 4 is 17.5 Å². The number of hydrogen-bond acceptors (Lipinski definition) is 3. The van der Waals surface area contributed by atoms with Gasteiger partial charge in [0.05, 0.1) is 12.6 Å². The number of fused-ring (bicyclic) bond motifs is 1. The van der Waals surface area contributed by atoms with Gasteiger partial charge in [0.2, 0.25) is 5.91 Å². The number of carbonyl (C=O) groups excluding carboxylic acids is 2. The quantitative estimate of drug-likeness (QED) is 0.648. The summed E-state index contributed by atoms with van der Waals surface area (Å²) in [6.07, 6.45) is 1.34. The molecule has 0 fully saturated rings. The number of rotatable bonds is 6. The molecule has 1 N–H and O–H groups in total. The lowest BCUT2D eigenvalue weighted by atomic mass is 9.92. The molecule has 166 valence electrons. The molecule has 0 spiro atoms. The Balaban J connectivity index is 1.92. The predicted molar refractivity (Wildman–Crippen MR) is 124 cm³/mol. The average Bonchev–Trinajstić information content (AvgIpc) is 2.84. The summed E-state index contributed by atoms with van der Waals surface area (Å²) in [6, 6.07) is 15.8. The van der Waals surface area contributed by atoms with Gasteiger partial charge in [0.1, 0.15) is 5.75 Å². The maximum Gasteiger partial charge on any atom is 0.264 e. The summed E-state index contributed by atoms with van der Waals surface area (Å²) in [5.41, 5.74) is 2.67. The molecule has 1 heterocycles. The Labute approximate surface area is 185 Å². The fourth-order valence-electron chi connectivity index (χ4n) is 4.07. The third-order valence-electron chi connectivity index (χ3n) is 5.52. The largest absolute Gasteiger partial charge is 0.480 e. The number of carbonyl (C=O) groups is 2. The third-order valence-corrected chi connectivity index (χ3v) is 5.52. The fourth-order valence-corrected chi connectivity index (χ4v) is 4.07. The van der Waals surface area contributed by atoms with Crippen LogP contribution in [-0.2, 0) is 16.1 Å². The van der Waals surface area contributed by atoms with Gasteiger partial charge in [-0.1, -0.05) is 65.0 Å². The monoisotopic (exact) mass is 422 g/mol. The second-order valence-corrected chi connectivity index (χ2v) is 9.42. The number of anilines is 1. The molecule has 2 aromatic carbocycles. The maximum atomic E-state index is 13.4. The Bertz CT molecular complexity index is 918. The Morgan fingerprint density at radius 1 is 1.16 bits per heavy atom. The van der Waals surface area contributed by atoms with E-state index in [1.54, 1.807) is 0 Å². The Hall–Kier alpha value is -2.82. The molecule has 2 atom stereocenters. The Morgan fingerprint density at radius 3 is 2.48 bits per heavy atom. The van der Waals surface area contributed by atoms with Crippen LogP contribution in [0.4, 0.5) is 5.69 Å². The van der Waals surface area contributed by atoms with Crippen molar-refractivity contribution in [3.63, 3.8) is 0 Å². The average molecular weight is 423 g/mol. The number of nitrogens with one attached hydrogen (secondary N) is 1. The molecule has 0 radical (unpaired) electrons. The van der Waals surface area contributed by atoms with Gasteiger partial charge in [0.25, 0.3) is 5.91 Å². The van der Waals surface area contributed by atoms with E-state index in [0.717, 1.165) is 23.2 Å².